The lowest BCUT2D eigenvalue weighted by Crippen LogP contribution is -2.25. The molecule has 0 spiro atoms. The van der Waals surface area contributed by atoms with Crippen LogP contribution in [-0.2, 0) is 6.42 Å². The van der Waals surface area contributed by atoms with Crippen LogP contribution in [0.15, 0.2) is 23.6 Å². The first-order chi connectivity index (χ1) is 9.04. The van der Waals surface area contributed by atoms with E-state index in [1.165, 1.54) is 0 Å². The Morgan fingerprint density at radius 2 is 2.16 bits per heavy atom. The summed E-state index contributed by atoms with van der Waals surface area (Å²) in [7, 11) is 0. The summed E-state index contributed by atoms with van der Waals surface area (Å²) < 4.78 is 0. The van der Waals surface area contributed by atoms with Crippen LogP contribution >= 0.6 is 11.3 Å². The normalized spacial score (nSPS) is 10.4. The van der Waals surface area contributed by atoms with E-state index in [9.17, 15) is 4.79 Å². The SMILES string of the molecule is Cc1cc(N)cc(C(=O)NCCc2csc(C)n2)c1. The Balaban J connectivity index is 1.90. The standard InChI is InChI=1S/C14H17N3OS/c1-9-5-11(7-12(15)6-9)14(18)16-4-3-13-8-19-10(2)17-13/h5-8H,3-4,15H2,1-2H3,(H,16,18). The van der Waals surface area contributed by atoms with Crippen molar-refractivity contribution in [3.63, 3.8) is 0 Å². The molecular formula is C14H17N3OS. The van der Waals surface area contributed by atoms with Crippen molar-refractivity contribution in [2.45, 2.75) is 20.3 Å². The number of amides is 1. The maximum Gasteiger partial charge on any atom is 0.251 e. The molecule has 0 aliphatic heterocycles. The average Bonchev–Trinajstić information content (AvgIpc) is 2.73. The van der Waals surface area contributed by atoms with Gasteiger partial charge in [-0.05, 0) is 37.6 Å². The summed E-state index contributed by atoms with van der Waals surface area (Å²) in [4.78, 5) is 16.3. The summed E-state index contributed by atoms with van der Waals surface area (Å²) in [5.74, 6) is -0.0950. The predicted octanol–water partition coefficient (Wildman–Crippen LogP) is 2.31. The molecule has 0 saturated carbocycles. The number of benzene rings is 1. The van der Waals surface area contributed by atoms with Crippen LogP contribution in [0.2, 0.25) is 0 Å². The number of rotatable bonds is 4. The van der Waals surface area contributed by atoms with Gasteiger partial charge in [0.05, 0.1) is 10.7 Å². The molecule has 0 unspecified atom stereocenters. The molecule has 0 aliphatic carbocycles. The summed E-state index contributed by atoms with van der Waals surface area (Å²) in [5, 5.41) is 5.95. The van der Waals surface area contributed by atoms with Crippen molar-refractivity contribution in [1.29, 1.82) is 0 Å². The minimum Gasteiger partial charge on any atom is -0.399 e. The van der Waals surface area contributed by atoms with E-state index in [0.717, 1.165) is 22.7 Å². The maximum atomic E-state index is 12.0. The molecule has 0 bridgehead atoms. The molecule has 19 heavy (non-hydrogen) atoms. The van der Waals surface area contributed by atoms with Crippen LogP contribution in [0.3, 0.4) is 0 Å². The van der Waals surface area contributed by atoms with Crippen molar-refractivity contribution in [2.75, 3.05) is 12.3 Å². The number of nitrogen functional groups attached to an aromatic ring is 1. The van der Waals surface area contributed by atoms with Gasteiger partial charge in [0.2, 0.25) is 0 Å². The molecule has 3 N–H and O–H groups in total. The Hall–Kier alpha value is -1.88. The van der Waals surface area contributed by atoms with Crippen molar-refractivity contribution in [3.05, 3.63) is 45.4 Å². The molecule has 100 valence electrons. The average molecular weight is 275 g/mol. The van der Waals surface area contributed by atoms with Crippen LogP contribution in [0.25, 0.3) is 0 Å². The van der Waals surface area contributed by atoms with E-state index in [4.69, 9.17) is 5.73 Å². The summed E-state index contributed by atoms with van der Waals surface area (Å²) in [6, 6.07) is 5.36. The fourth-order valence-corrected chi connectivity index (χ4v) is 2.52. The number of nitrogens with one attached hydrogen (secondary N) is 1. The van der Waals surface area contributed by atoms with E-state index < -0.39 is 0 Å². The summed E-state index contributed by atoms with van der Waals surface area (Å²) in [5.41, 5.74) is 8.95. The van der Waals surface area contributed by atoms with Gasteiger partial charge in [-0.1, -0.05) is 0 Å². The zero-order chi connectivity index (χ0) is 13.8. The summed E-state index contributed by atoms with van der Waals surface area (Å²) >= 11 is 1.62. The Labute approximate surface area is 116 Å². The predicted molar refractivity (Wildman–Crippen MR) is 78.5 cm³/mol. The van der Waals surface area contributed by atoms with Gasteiger partial charge in [-0.25, -0.2) is 4.98 Å². The van der Waals surface area contributed by atoms with Gasteiger partial charge < -0.3 is 11.1 Å². The minimum absolute atomic E-state index is 0.0950. The lowest BCUT2D eigenvalue weighted by Gasteiger charge is -2.06. The summed E-state index contributed by atoms with van der Waals surface area (Å²) in [6.07, 6.45) is 0.747. The van der Waals surface area contributed by atoms with Crippen LogP contribution in [0, 0.1) is 13.8 Å². The number of carbonyl (C=O) groups is 1. The van der Waals surface area contributed by atoms with Gasteiger partial charge in [0.15, 0.2) is 0 Å². The van der Waals surface area contributed by atoms with Crippen molar-refractivity contribution in [2.24, 2.45) is 0 Å². The molecule has 4 nitrogen and oxygen atoms in total. The van der Waals surface area contributed by atoms with Crippen molar-refractivity contribution >= 4 is 22.9 Å². The van der Waals surface area contributed by atoms with Crippen LogP contribution in [-0.4, -0.2) is 17.4 Å². The fraction of sp³-hybridized carbons (Fsp3) is 0.286. The second kappa shape index (κ2) is 5.84. The molecule has 2 aromatic rings. The number of anilines is 1. The fourth-order valence-electron chi connectivity index (χ4n) is 1.87. The second-order valence-electron chi connectivity index (χ2n) is 4.50. The molecule has 0 saturated heterocycles. The van der Waals surface area contributed by atoms with Gasteiger partial charge in [-0.3, -0.25) is 4.79 Å². The first-order valence-corrected chi connectivity index (χ1v) is 6.99. The lowest BCUT2D eigenvalue weighted by atomic mass is 10.1. The third-order valence-electron chi connectivity index (χ3n) is 2.70. The Morgan fingerprint density at radius 3 is 2.79 bits per heavy atom. The topological polar surface area (TPSA) is 68.0 Å². The van der Waals surface area contributed by atoms with Gasteiger partial charge in [0, 0.05) is 29.6 Å². The van der Waals surface area contributed by atoms with Crippen LogP contribution in [0.1, 0.15) is 26.6 Å². The molecule has 5 heteroatoms. The largest absolute Gasteiger partial charge is 0.399 e. The van der Waals surface area contributed by atoms with Crippen LogP contribution in [0.4, 0.5) is 5.69 Å². The molecule has 1 amide bonds. The number of aryl methyl sites for hydroxylation is 2. The molecule has 0 aliphatic rings. The first kappa shape index (κ1) is 13.5. The Kier molecular flexibility index (Phi) is 4.16. The highest BCUT2D eigenvalue weighted by Crippen LogP contribution is 2.11. The summed E-state index contributed by atoms with van der Waals surface area (Å²) in [6.45, 7) is 4.48. The van der Waals surface area contributed by atoms with Crippen molar-refractivity contribution < 1.29 is 4.79 Å². The number of nitrogens with two attached hydrogens (primary N) is 1. The third-order valence-corrected chi connectivity index (χ3v) is 3.52. The van der Waals surface area contributed by atoms with Crippen molar-refractivity contribution in [1.82, 2.24) is 10.3 Å². The van der Waals surface area contributed by atoms with Gasteiger partial charge in [0.1, 0.15) is 0 Å². The monoisotopic (exact) mass is 275 g/mol. The highest BCUT2D eigenvalue weighted by Gasteiger charge is 2.07. The van der Waals surface area contributed by atoms with E-state index in [2.05, 4.69) is 10.3 Å². The highest BCUT2D eigenvalue weighted by molar-refractivity contribution is 7.09. The smallest absolute Gasteiger partial charge is 0.251 e. The lowest BCUT2D eigenvalue weighted by molar-refractivity contribution is 0.0954. The molecule has 0 atom stereocenters. The van der Waals surface area contributed by atoms with E-state index in [1.54, 1.807) is 17.4 Å². The quantitative estimate of drug-likeness (QED) is 0.841. The molecule has 2 rings (SSSR count). The number of thiazole rings is 1. The van der Waals surface area contributed by atoms with E-state index >= 15 is 0 Å². The number of hydrogen-bond donors (Lipinski definition) is 2. The second-order valence-corrected chi connectivity index (χ2v) is 5.56. The van der Waals surface area contributed by atoms with Gasteiger partial charge in [0.25, 0.3) is 5.91 Å². The van der Waals surface area contributed by atoms with E-state index in [0.29, 0.717) is 17.8 Å². The van der Waals surface area contributed by atoms with Crippen LogP contribution in [0.5, 0.6) is 0 Å². The van der Waals surface area contributed by atoms with Gasteiger partial charge in [-0.2, -0.15) is 0 Å². The maximum absolute atomic E-state index is 12.0. The van der Waals surface area contributed by atoms with Gasteiger partial charge in [-0.15, -0.1) is 11.3 Å². The zero-order valence-corrected chi connectivity index (χ0v) is 11.9. The number of nitrogens with zero attached hydrogens (tertiary/aromatic N) is 1. The molecular weight excluding hydrogens is 258 g/mol. The number of carbonyl (C=O) groups excluding carboxylic acids is 1. The van der Waals surface area contributed by atoms with Gasteiger partial charge >= 0.3 is 0 Å². The van der Waals surface area contributed by atoms with E-state index in [-0.39, 0.29) is 5.91 Å². The van der Waals surface area contributed by atoms with Crippen LogP contribution < -0.4 is 11.1 Å². The number of hydrogen-bond acceptors (Lipinski definition) is 4. The first-order valence-electron chi connectivity index (χ1n) is 6.11. The molecule has 1 heterocycles. The van der Waals surface area contributed by atoms with E-state index in [1.807, 2.05) is 31.4 Å². The Bertz CT molecular complexity index is 572. The zero-order valence-electron chi connectivity index (χ0n) is 11.1. The molecule has 0 radical (unpaired) electrons. The molecule has 0 fully saturated rings. The third kappa shape index (κ3) is 3.79. The molecule has 1 aromatic heterocycles. The van der Waals surface area contributed by atoms with Crippen molar-refractivity contribution in [3.8, 4) is 0 Å². The minimum atomic E-state index is -0.0950. The Morgan fingerprint density at radius 1 is 1.37 bits per heavy atom. The molecule has 1 aromatic carbocycles. The number of aromatic nitrogens is 1. The highest BCUT2D eigenvalue weighted by atomic mass is 32.1.